The maximum Gasteiger partial charge on any atom is 0.307 e. The van der Waals surface area contributed by atoms with Gasteiger partial charge in [-0.05, 0) is 49.2 Å². The van der Waals surface area contributed by atoms with Gasteiger partial charge in [0.2, 0.25) is 0 Å². The third-order valence-electron chi connectivity index (χ3n) is 4.70. The molecule has 2 aromatic rings. The van der Waals surface area contributed by atoms with E-state index in [1.807, 2.05) is 30.3 Å². The number of benzene rings is 1. The highest BCUT2D eigenvalue weighted by Gasteiger charge is 2.30. The highest BCUT2D eigenvalue weighted by molar-refractivity contribution is 6.42. The van der Waals surface area contributed by atoms with Crippen LogP contribution in [0.3, 0.4) is 0 Å². The largest absolute Gasteiger partial charge is 0.481 e. The average Bonchev–Trinajstić information content (AvgIpc) is 2.63. The Hall–Kier alpha value is -1.62. The lowest BCUT2D eigenvalue weighted by Gasteiger charge is -2.37. The van der Waals surface area contributed by atoms with Gasteiger partial charge < -0.3 is 5.11 Å². The lowest BCUT2D eigenvalue weighted by Crippen LogP contribution is -2.41. The van der Waals surface area contributed by atoms with E-state index < -0.39 is 5.97 Å². The van der Waals surface area contributed by atoms with E-state index in [1.54, 1.807) is 12.3 Å². The quantitative estimate of drug-likeness (QED) is 0.833. The topological polar surface area (TPSA) is 53.4 Å². The fourth-order valence-corrected chi connectivity index (χ4v) is 3.69. The number of hydrogen-bond acceptors (Lipinski definition) is 3. The number of piperidine rings is 1. The number of aliphatic carboxylic acids is 1. The fraction of sp³-hybridized carbons (Fsp3) is 0.368. The highest BCUT2D eigenvalue weighted by Crippen LogP contribution is 2.33. The van der Waals surface area contributed by atoms with E-state index in [9.17, 15) is 9.90 Å². The number of carboxylic acids is 1. The molecular formula is C19H20Cl2N2O2. The molecule has 0 saturated carbocycles. The molecule has 1 N–H and O–H groups in total. The molecule has 25 heavy (non-hydrogen) atoms. The van der Waals surface area contributed by atoms with Gasteiger partial charge in [0, 0.05) is 30.9 Å². The summed E-state index contributed by atoms with van der Waals surface area (Å²) >= 11 is 12.3. The second kappa shape index (κ2) is 8.17. The van der Waals surface area contributed by atoms with Crippen molar-refractivity contribution in [2.24, 2.45) is 5.92 Å². The van der Waals surface area contributed by atoms with Crippen LogP contribution in [0.2, 0.25) is 10.0 Å². The summed E-state index contributed by atoms with van der Waals surface area (Å²) in [7, 11) is 0. The van der Waals surface area contributed by atoms with Crippen molar-refractivity contribution < 1.29 is 9.90 Å². The maximum atomic E-state index is 11.4. The minimum Gasteiger partial charge on any atom is -0.481 e. The van der Waals surface area contributed by atoms with Crippen LogP contribution in [0.5, 0.6) is 0 Å². The van der Waals surface area contributed by atoms with Crippen molar-refractivity contribution >= 4 is 29.2 Å². The molecule has 6 heteroatoms. The van der Waals surface area contributed by atoms with Crippen molar-refractivity contribution in [1.29, 1.82) is 0 Å². The number of aromatic nitrogens is 1. The van der Waals surface area contributed by atoms with Crippen molar-refractivity contribution in [3.8, 4) is 0 Å². The zero-order valence-corrected chi connectivity index (χ0v) is 15.2. The summed E-state index contributed by atoms with van der Waals surface area (Å²) in [5.41, 5.74) is 2.00. The molecule has 0 aliphatic carbocycles. The van der Waals surface area contributed by atoms with Crippen molar-refractivity contribution in [3.05, 3.63) is 63.9 Å². The summed E-state index contributed by atoms with van der Waals surface area (Å²) < 4.78 is 0. The van der Waals surface area contributed by atoms with Crippen LogP contribution in [-0.4, -0.2) is 34.0 Å². The van der Waals surface area contributed by atoms with Crippen molar-refractivity contribution in [1.82, 2.24) is 9.88 Å². The Labute approximate surface area is 157 Å². The second-order valence-electron chi connectivity index (χ2n) is 6.39. The van der Waals surface area contributed by atoms with Gasteiger partial charge in [-0.2, -0.15) is 0 Å². The van der Waals surface area contributed by atoms with E-state index in [0.29, 0.717) is 23.0 Å². The van der Waals surface area contributed by atoms with E-state index in [-0.39, 0.29) is 12.0 Å². The van der Waals surface area contributed by atoms with Gasteiger partial charge in [0.1, 0.15) is 0 Å². The summed E-state index contributed by atoms with van der Waals surface area (Å²) in [5.74, 6) is -1.06. The summed E-state index contributed by atoms with van der Waals surface area (Å²) in [6.45, 7) is 1.40. The minimum atomic E-state index is -0.726. The Morgan fingerprint density at radius 2 is 2.12 bits per heavy atom. The Morgan fingerprint density at radius 3 is 2.80 bits per heavy atom. The van der Waals surface area contributed by atoms with Crippen LogP contribution in [-0.2, 0) is 11.2 Å². The van der Waals surface area contributed by atoms with Gasteiger partial charge in [-0.15, -0.1) is 0 Å². The van der Waals surface area contributed by atoms with Crippen LogP contribution >= 0.6 is 23.2 Å². The number of pyridine rings is 1. The van der Waals surface area contributed by atoms with Gasteiger partial charge in [0.05, 0.1) is 16.0 Å². The predicted octanol–water partition coefficient (Wildman–Crippen LogP) is 4.47. The fourth-order valence-electron chi connectivity index (χ4n) is 3.39. The molecule has 132 valence electrons. The summed E-state index contributed by atoms with van der Waals surface area (Å²) in [6, 6.07) is 11.5. The third-order valence-corrected chi connectivity index (χ3v) is 5.44. The summed E-state index contributed by atoms with van der Waals surface area (Å²) in [6.07, 6.45) is 4.07. The van der Waals surface area contributed by atoms with Gasteiger partial charge in [0.25, 0.3) is 0 Å². The molecule has 1 aromatic carbocycles. The van der Waals surface area contributed by atoms with Crippen molar-refractivity contribution in [2.75, 3.05) is 13.1 Å². The van der Waals surface area contributed by atoms with Crippen LogP contribution in [0.4, 0.5) is 0 Å². The van der Waals surface area contributed by atoms with Crippen LogP contribution in [0.1, 0.15) is 30.1 Å². The predicted molar refractivity (Wildman–Crippen MR) is 99.1 cm³/mol. The van der Waals surface area contributed by atoms with Gasteiger partial charge in [0.15, 0.2) is 0 Å². The maximum absolute atomic E-state index is 11.4. The van der Waals surface area contributed by atoms with Gasteiger partial charge in [-0.3, -0.25) is 14.7 Å². The van der Waals surface area contributed by atoms with E-state index in [1.165, 1.54) is 0 Å². The van der Waals surface area contributed by atoms with E-state index in [4.69, 9.17) is 23.2 Å². The van der Waals surface area contributed by atoms with Crippen LogP contribution in [0, 0.1) is 5.92 Å². The first-order chi connectivity index (χ1) is 12.0. The Bertz CT molecular complexity index is 739. The highest BCUT2D eigenvalue weighted by atomic mass is 35.5. The first-order valence-electron chi connectivity index (χ1n) is 8.36. The Kier molecular flexibility index (Phi) is 5.94. The molecule has 1 fully saturated rings. The molecule has 2 atom stereocenters. The number of carbonyl (C=O) groups is 1. The van der Waals surface area contributed by atoms with E-state index in [0.717, 1.165) is 30.6 Å². The number of rotatable bonds is 5. The monoisotopic (exact) mass is 378 g/mol. The second-order valence-corrected chi connectivity index (χ2v) is 7.20. The smallest absolute Gasteiger partial charge is 0.307 e. The molecule has 3 rings (SSSR count). The Balaban J connectivity index is 1.90. The molecule has 0 bridgehead atoms. The lowest BCUT2D eigenvalue weighted by molar-refractivity contribution is -0.144. The molecule has 1 aliphatic rings. The van der Waals surface area contributed by atoms with Crippen LogP contribution < -0.4 is 0 Å². The number of carboxylic acid groups (broad SMARTS) is 1. The third kappa shape index (κ3) is 4.51. The number of halogens is 2. The average molecular weight is 379 g/mol. The van der Waals surface area contributed by atoms with Crippen LogP contribution in [0.25, 0.3) is 0 Å². The molecule has 0 amide bonds. The van der Waals surface area contributed by atoms with Gasteiger partial charge in [-0.25, -0.2) is 0 Å². The zero-order valence-electron chi connectivity index (χ0n) is 13.7. The first-order valence-corrected chi connectivity index (χ1v) is 9.12. The molecule has 0 radical (unpaired) electrons. The number of likely N-dealkylation sites (tertiary alicyclic amines) is 1. The van der Waals surface area contributed by atoms with Crippen molar-refractivity contribution in [2.45, 2.75) is 25.3 Å². The molecular weight excluding hydrogens is 359 g/mol. The molecule has 4 nitrogen and oxygen atoms in total. The molecule has 1 aromatic heterocycles. The molecule has 1 saturated heterocycles. The lowest BCUT2D eigenvalue weighted by atomic mass is 9.93. The SMILES string of the molecule is O=C(O)C1CCCN(C(Cc2ccccn2)c2ccc(Cl)c(Cl)c2)C1. The Morgan fingerprint density at radius 1 is 1.28 bits per heavy atom. The normalized spacial score (nSPS) is 19.5. The first kappa shape index (κ1) is 18.2. The molecule has 0 spiro atoms. The molecule has 2 heterocycles. The van der Waals surface area contributed by atoms with Crippen LogP contribution in [0.15, 0.2) is 42.6 Å². The number of nitrogens with zero attached hydrogens (tertiary/aromatic N) is 2. The summed E-state index contributed by atoms with van der Waals surface area (Å²) in [4.78, 5) is 18.1. The number of hydrogen-bond donors (Lipinski definition) is 1. The van der Waals surface area contributed by atoms with E-state index in [2.05, 4.69) is 9.88 Å². The summed E-state index contributed by atoms with van der Waals surface area (Å²) in [5, 5.41) is 10.4. The molecule has 1 aliphatic heterocycles. The zero-order chi connectivity index (χ0) is 17.8. The van der Waals surface area contributed by atoms with Crippen molar-refractivity contribution in [3.63, 3.8) is 0 Å². The van der Waals surface area contributed by atoms with E-state index >= 15 is 0 Å². The molecule has 2 unspecified atom stereocenters. The van der Waals surface area contributed by atoms with Gasteiger partial charge >= 0.3 is 5.97 Å². The minimum absolute atomic E-state index is 0.0202. The van der Waals surface area contributed by atoms with Gasteiger partial charge in [-0.1, -0.05) is 35.3 Å². The standard InChI is InChI=1S/C19H20Cl2N2O2/c20-16-7-6-13(10-17(16)21)18(11-15-5-1-2-8-22-15)23-9-3-4-14(12-23)19(24)25/h1-2,5-8,10,14,18H,3-4,9,11-12H2,(H,24,25).